The second-order valence-corrected chi connectivity index (χ2v) is 4.61. The van der Waals surface area contributed by atoms with Gasteiger partial charge in [0, 0.05) is 32.0 Å². The van der Waals surface area contributed by atoms with Crippen LogP contribution < -0.4 is 5.73 Å². The molecule has 100 valence electrons. The summed E-state index contributed by atoms with van der Waals surface area (Å²) in [5.74, 6) is 0.733. The summed E-state index contributed by atoms with van der Waals surface area (Å²) in [5.41, 5.74) is 6.16. The molecule has 0 bridgehead atoms. The lowest BCUT2D eigenvalue weighted by Gasteiger charge is -2.24. The zero-order chi connectivity index (χ0) is 13.5. The largest absolute Gasteiger partial charge is 0.384 e. The fraction of sp³-hybridized carbons (Fsp3) is 0.538. The van der Waals surface area contributed by atoms with Gasteiger partial charge in [-0.05, 0) is 18.1 Å². The first-order chi connectivity index (χ1) is 8.54. The maximum atomic E-state index is 12.3. The highest BCUT2D eigenvalue weighted by atomic mass is 16.5. The van der Waals surface area contributed by atoms with Crippen LogP contribution in [-0.2, 0) is 4.74 Å². The molecule has 1 aromatic heterocycles. The summed E-state index contributed by atoms with van der Waals surface area (Å²) in [4.78, 5) is 18.0. The monoisotopic (exact) mass is 251 g/mol. The van der Waals surface area contributed by atoms with Crippen molar-refractivity contribution in [3.63, 3.8) is 0 Å². The van der Waals surface area contributed by atoms with Gasteiger partial charge in [-0.25, -0.2) is 4.98 Å². The number of aromatic nitrogens is 1. The Labute approximate surface area is 108 Å². The van der Waals surface area contributed by atoms with Crippen molar-refractivity contribution in [2.75, 3.05) is 32.5 Å². The Hall–Kier alpha value is -1.62. The van der Waals surface area contributed by atoms with E-state index in [2.05, 4.69) is 18.8 Å². The maximum absolute atomic E-state index is 12.3. The Bertz CT molecular complexity index is 394. The molecule has 0 saturated heterocycles. The van der Waals surface area contributed by atoms with E-state index in [-0.39, 0.29) is 5.91 Å². The van der Waals surface area contributed by atoms with Crippen LogP contribution in [0, 0.1) is 5.92 Å². The molecule has 0 aliphatic rings. The molecule has 0 unspecified atom stereocenters. The van der Waals surface area contributed by atoms with Gasteiger partial charge in [0.25, 0.3) is 5.91 Å². The second-order valence-electron chi connectivity index (χ2n) is 4.61. The predicted molar refractivity (Wildman–Crippen MR) is 71.3 cm³/mol. The van der Waals surface area contributed by atoms with Crippen LogP contribution >= 0.6 is 0 Å². The van der Waals surface area contributed by atoms with E-state index in [1.807, 2.05) is 0 Å². The highest BCUT2D eigenvalue weighted by molar-refractivity contribution is 5.94. The van der Waals surface area contributed by atoms with Crippen molar-refractivity contribution in [1.82, 2.24) is 9.88 Å². The third-order valence-corrected chi connectivity index (χ3v) is 2.47. The number of rotatable bonds is 6. The summed E-state index contributed by atoms with van der Waals surface area (Å²) in [7, 11) is 1.63. The number of methoxy groups -OCH3 is 1. The molecule has 0 aromatic carbocycles. The van der Waals surface area contributed by atoms with Gasteiger partial charge in [0.15, 0.2) is 0 Å². The number of hydrogen-bond donors (Lipinski definition) is 1. The van der Waals surface area contributed by atoms with Crippen LogP contribution in [0.2, 0.25) is 0 Å². The number of anilines is 1. The number of amides is 1. The van der Waals surface area contributed by atoms with Crippen LogP contribution in [0.1, 0.15) is 24.2 Å². The summed E-state index contributed by atoms with van der Waals surface area (Å²) < 4.78 is 5.03. The fourth-order valence-electron chi connectivity index (χ4n) is 1.68. The molecule has 2 N–H and O–H groups in total. The SMILES string of the molecule is COCCN(CC(C)C)C(=O)c1ccnc(N)c1. The van der Waals surface area contributed by atoms with Crippen LogP contribution in [0.25, 0.3) is 0 Å². The Balaban J connectivity index is 2.80. The minimum Gasteiger partial charge on any atom is -0.384 e. The van der Waals surface area contributed by atoms with Crippen LogP contribution in [0.4, 0.5) is 5.82 Å². The van der Waals surface area contributed by atoms with E-state index in [4.69, 9.17) is 10.5 Å². The van der Waals surface area contributed by atoms with E-state index in [1.54, 1.807) is 30.3 Å². The number of pyridine rings is 1. The van der Waals surface area contributed by atoms with Gasteiger partial charge in [-0.2, -0.15) is 0 Å². The van der Waals surface area contributed by atoms with Gasteiger partial charge >= 0.3 is 0 Å². The lowest BCUT2D eigenvalue weighted by Crippen LogP contribution is -2.36. The van der Waals surface area contributed by atoms with E-state index in [1.165, 1.54) is 0 Å². The molecule has 0 aliphatic carbocycles. The van der Waals surface area contributed by atoms with Crippen molar-refractivity contribution in [3.05, 3.63) is 23.9 Å². The molecule has 1 heterocycles. The molecular weight excluding hydrogens is 230 g/mol. The van der Waals surface area contributed by atoms with Gasteiger partial charge in [0.05, 0.1) is 6.61 Å². The Morgan fingerprint density at radius 2 is 2.28 bits per heavy atom. The lowest BCUT2D eigenvalue weighted by atomic mass is 10.1. The molecule has 0 fully saturated rings. The number of carbonyl (C=O) groups excluding carboxylic acids is 1. The first-order valence-electron chi connectivity index (χ1n) is 6.04. The molecule has 1 aromatic rings. The number of ether oxygens (including phenoxy) is 1. The van der Waals surface area contributed by atoms with Crippen LogP contribution in [-0.4, -0.2) is 42.6 Å². The minimum atomic E-state index is -0.0325. The fourth-order valence-corrected chi connectivity index (χ4v) is 1.68. The number of nitrogen functional groups attached to an aromatic ring is 1. The van der Waals surface area contributed by atoms with Gasteiger partial charge < -0.3 is 15.4 Å². The van der Waals surface area contributed by atoms with Crippen LogP contribution in [0.15, 0.2) is 18.3 Å². The third kappa shape index (κ3) is 4.33. The molecule has 0 spiro atoms. The summed E-state index contributed by atoms with van der Waals surface area (Å²) >= 11 is 0. The Morgan fingerprint density at radius 3 is 2.83 bits per heavy atom. The van der Waals surface area contributed by atoms with Crippen molar-refractivity contribution in [1.29, 1.82) is 0 Å². The molecule has 0 radical (unpaired) electrons. The van der Waals surface area contributed by atoms with E-state index < -0.39 is 0 Å². The first-order valence-corrected chi connectivity index (χ1v) is 6.04. The first kappa shape index (κ1) is 14.4. The summed E-state index contributed by atoms with van der Waals surface area (Å²) in [6.07, 6.45) is 1.55. The van der Waals surface area contributed by atoms with E-state index in [0.29, 0.717) is 37.0 Å². The molecule has 0 atom stereocenters. The molecule has 18 heavy (non-hydrogen) atoms. The maximum Gasteiger partial charge on any atom is 0.254 e. The van der Waals surface area contributed by atoms with Gasteiger partial charge in [0.2, 0.25) is 0 Å². The van der Waals surface area contributed by atoms with Crippen molar-refractivity contribution < 1.29 is 9.53 Å². The molecule has 1 rings (SSSR count). The van der Waals surface area contributed by atoms with Crippen LogP contribution in [0.5, 0.6) is 0 Å². The van der Waals surface area contributed by atoms with Crippen molar-refractivity contribution in [2.45, 2.75) is 13.8 Å². The van der Waals surface area contributed by atoms with Gasteiger partial charge in [-0.1, -0.05) is 13.8 Å². The quantitative estimate of drug-likeness (QED) is 0.830. The molecule has 1 amide bonds. The zero-order valence-electron chi connectivity index (χ0n) is 11.2. The average molecular weight is 251 g/mol. The van der Waals surface area contributed by atoms with E-state index in [0.717, 1.165) is 0 Å². The van der Waals surface area contributed by atoms with Crippen molar-refractivity contribution in [3.8, 4) is 0 Å². The highest BCUT2D eigenvalue weighted by Gasteiger charge is 2.16. The van der Waals surface area contributed by atoms with Gasteiger partial charge in [-0.15, -0.1) is 0 Å². The molecule has 0 saturated carbocycles. The summed E-state index contributed by atoms with van der Waals surface area (Å²) in [5, 5.41) is 0. The molecule has 5 heteroatoms. The molecule has 5 nitrogen and oxygen atoms in total. The standard InChI is InChI=1S/C13H21N3O2/c1-10(2)9-16(6-7-18-3)13(17)11-4-5-15-12(14)8-11/h4-5,8,10H,6-7,9H2,1-3H3,(H2,14,15). The van der Waals surface area contributed by atoms with E-state index in [9.17, 15) is 4.79 Å². The predicted octanol–water partition coefficient (Wildman–Crippen LogP) is 1.41. The lowest BCUT2D eigenvalue weighted by molar-refractivity contribution is 0.0672. The number of nitrogens with zero attached hydrogens (tertiary/aromatic N) is 2. The Morgan fingerprint density at radius 1 is 1.56 bits per heavy atom. The number of carbonyl (C=O) groups is 1. The Kier molecular flexibility index (Phi) is 5.58. The minimum absolute atomic E-state index is 0.0325. The van der Waals surface area contributed by atoms with Gasteiger partial charge in [0.1, 0.15) is 5.82 Å². The normalized spacial score (nSPS) is 10.7. The van der Waals surface area contributed by atoms with Crippen molar-refractivity contribution >= 4 is 11.7 Å². The average Bonchev–Trinajstić information content (AvgIpc) is 2.33. The van der Waals surface area contributed by atoms with Crippen LogP contribution in [0.3, 0.4) is 0 Å². The number of hydrogen-bond acceptors (Lipinski definition) is 4. The summed E-state index contributed by atoms with van der Waals surface area (Å²) in [6.45, 7) is 5.96. The topological polar surface area (TPSA) is 68.5 Å². The van der Waals surface area contributed by atoms with Gasteiger partial charge in [-0.3, -0.25) is 4.79 Å². The number of nitrogens with two attached hydrogens (primary N) is 1. The van der Waals surface area contributed by atoms with Crippen molar-refractivity contribution in [2.24, 2.45) is 5.92 Å². The summed E-state index contributed by atoms with van der Waals surface area (Å²) in [6, 6.07) is 3.28. The second kappa shape index (κ2) is 6.96. The molecular formula is C13H21N3O2. The molecule has 0 aliphatic heterocycles. The zero-order valence-corrected chi connectivity index (χ0v) is 11.2. The third-order valence-electron chi connectivity index (χ3n) is 2.47. The smallest absolute Gasteiger partial charge is 0.254 e. The van der Waals surface area contributed by atoms with E-state index >= 15 is 0 Å². The highest BCUT2D eigenvalue weighted by Crippen LogP contribution is 2.09.